The molecule has 0 aromatic rings. The summed E-state index contributed by atoms with van der Waals surface area (Å²) in [5.41, 5.74) is 0. The van der Waals surface area contributed by atoms with Gasteiger partial charge in [0.15, 0.2) is 0 Å². The molecule has 0 saturated heterocycles. The van der Waals surface area contributed by atoms with Crippen molar-refractivity contribution >= 4 is 6.16 Å². The first-order chi connectivity index (χ1) is 8.27. The predicted molar refractivity (Wildman–Crippen MR) is 67.4 cm³/mol. The van der Waals surface area contributed by atoms with Gasteiger partial charge in [-0.25, -0.2) is 4.79 Å². The zero-order valence-electron chi connectivity index (χ0n) is 11.0. The molecule has 4 heteroatoms. The highest BCUT2D eigenvalue weighted by molar-refractivity contribution is 5.56. The Morgan fingerprint density at radius 1 is 0.882 bits per heavy atom. The molecule has 4 nitrogen and oxygen atoms in total. The van der Waals surface area contributed by atoms with Crippen LogP contribution in [0, 0.1) is 0 Å². The Bertz CT molecular complexity index is 171. The molecule has 0 fully saturated rings. The molecule has 0 amide bonds. The molecule has 0 unspecified atom stereocenters. The van der Waals surface area contributed by atoms with Gasteiger partial charge < -0.3 is 14.6 Å². The second kappa shape index (κ2) is 13.3. The third kappa shape index (κ3) is 15.2. The van der Waals surface area contributed by atoms with Gasteiger partial charge in [-0.2, -0.15) is 0 Å². The van der Waals surface area contributed by atoms with Crippen molar-refractivity contribution in [2.24, 2.45) is 0 Å². The van der Waals surface area contributed by atoms with Crippen LogP contribution in [0.4, 0.5) is 4.79 Å². The smallest absolute Gasteiger partial charge is 0.450 e. The average Bonchev–Trinajstić information content (AvgIpc) is 2.30. The Morgan fingerprint density at radius 2 is 1.41 bits per heavy atom. The van der Waals surface area contributed by atoms with Crippen LogP contribution >= 0.6 is 0 Å². The van der Waals surface area contributed by atoms with Crippen LogP contribution in [0.5, 0.6) is 0 Å². The molecule has 0 bridgehead atoms. The summed E-state index contributed by atoms with van der Waals surface area (Å²) in [6.07, 6.45) is 7.77. The minimum Gasteiger partial charge on any atom is -0.450 e. The molecule has 0 aliphatic rings. The fraction of sp³-hybridized carbons (Fsp3) is 0.923. The molecule has 17 heavy (non-hydrogen) atoms. The summed E-state index contributed by atoms with van der Waals surface area (Å²) in [5.74, 6) is 0. The maximum absolute atomic E-state index is 10.0. The molecule has 0 spiro atoms. The van der Waals surface area contributed by atoms with Crippen molar-refractivity contribution in [2.45, 2.75) is 58.3 Å². The van der Waals surface area contributed by atoms with Crippen LogP contribution in [0.15, 0.2) is 0 Å². The number of ether oxygens (including phenoxy) is 2. The molecular formula is C13H26O4. The summed E-state index contributed by atoms with van der Waals surface area (Å²) < 4.78 is 9.91. The van der Waals surface area contributed by atoms with Crippen LogP contribution in [0.1, 0.15) is 58.3 Å². The second-order valence-electron chi connectivity index (χ2n) is 4.20. The highest BCUT2D eigenvalue weighted by Crippen LogP contribution is 2.02. The van der Waals surface area contributed by atoms with E-state index in [-0.39, 0.29) is 0 Å². The first-order valence-electron chi connectivity index (χ1n) is 6.70. The molecule has 0 aliphatic heterocycles. The Balaban J connectivity index is 2.91. The molecule has 0 atom stereocenters. The molecule has 0 radical (unpaired) electrons. The van der Waals surface area contributed by atoms with E-state index in [9.17, 15) is 4.79 Å². The van der Waals surface area contributed by atoms with E-state index >= 15 is 0 Å². The van der Waals surface area contributed by atoms with E-state index in [1.807, 2.05) is 0 Å². The summed E-state index contributed by atoms with van der Waals surface area (Å²) in [6.45, 7) is 4.22. The highest BCUT2D eigenvalue weighted by Gasteiger charge is 1.96. The molecule has 0 saturated carbocycles. The van der Waals surface area contributed by atoms with Gasteiger partial charge in [0.05, 0.1) is 6.61 Å². The molecule has 0 aliphatic carbocycles. The van der Waals surface area contributed by atoms with E-state index in [0.717, 1.165) is 38.9 Å². The van der Waals surface area contributed by atoms with Crippen molar-refractivity contribution in [3.05, 3.63) is 0 Å². The lowest BCUT2D eigenvalue weighted by Gasteiger charge is -2.04. The van der Waals surface area contributed by atoms with E-state index in [2.05, 4.69) is 11.7 Å². The third-order valence-electron chi connectivity index (χ3n) is 2.55. The van der Waals surface area contributed by atoms with Crippen molar-refractivity contribution in [1.29, 1.82) is 0 Å². The Labute approximate surface area is 104 Å². The number of carboxylic acid groups (broad SMARTS) is 1. The van der Waals surface area contributed by atoms with Gasteiger partial charge in [0.25, 0.3) is 0 Å². The van der Waals surface area contributed by atoms with Crippen molar-refractivity contribution in [3.63, 3.8) is 0 Å². The molecule has 102 valence electrons. The summed E-state index contributed by atoms with van der Waals surface area (Å²) >= 11 is 0. The fourth-order valence-electron chi connectivity index (χ4n) is 1.55. The van der Waals surface area contributed by atoms with E-state index in [0.29, 0.717) is 6.61 Å². The largest absolute Gasteiger partial charge is 0.505 e. The van der Waals surface area contributed by atoms with E-state index in [1.54, 1.807) is 0 Å². The quantitative estimate of drug-likeness (QED) is 0.420. The minimum absolute atomic E-state index is 0.313. The Morgan fingerprint density at radius 3 is 1.94 bits per heavy atom. The summed E-state index contributed by atoms with van der Waals surface area (Å²) in [6, 6.07) is 0. The Kier molecular flexibility index (Phi) is 12.7. The lowest BCUT2D eigenvalue weighted by molar-refractivity contribution is 0.0892. The lowest BCUT2D eigenvalue weighted by atomic mass is 10.2. The minimum atomic E-state index is -1.18. The van der Waals surface area contributed by atoms with Gasteiger partial charge in [-0.05, 0) is 25.7 Å². The monoisotopic (exact) mass is 246 g/mol. The molecule has 1 N–H and O–H groups in total. The topological polar surface area (TPSA) is 55.8 Å². The SMILES string of the molecule is CCCCCCOCCCCCCOC(=O)O. The zero-order valence-corrected chi connectivity index (χ0v) is 11.0. The summed E-state index contributed by atoms with van der Waals surface area (Å²) in [4.78, 5) is 10.0. The number of carbonyl (C=O) groups is 1. The highest BCUT2D eigenvalue weighted by atomic mass is 16.7. The van der Waals surface area contributed by atoms with Crippen molar-refractivity contribution in [3.8, 4) is 0 Å². The molecule has 0 heterocycles. The first kappa shape index (κ1) is 16.2. The molecule has 0 aromatic heterocycles. The van der Waals surface area contributed by atoms with Crippen LogP contribution < -0.4 is 0 Å². The number of hydrogen-bond donors (Lipinski definition) is 1. The first-order valence-corrected chi connectivity index (χ1v) is 6.70. The van der Waals surface area contributed by atoms with Crippen LogP contribution in [0.25, 0.3) is 0 Å². The van der Waals surface area contributed by atoms with Gasteiger partial charge in [-0.3, -0.25) is 0 Å². The normalized spacial score (nSPS) is 10.4. The third-order valence-corrected chi connectivity index (χ3v) is 2.55. The number of unbranched alkanes of at least 4 members (excludes halogenated alkanes) is 6. The van der Waals surface area contributed by atoms with Gasteiger partial charge in [0.1, 0.15) is 0 Å². The molecule has 0 rings (SSSR count). The van der Waals surface area contributed by atoms with Gasteiger partial charge in [0.2, 0.25) is 0 Å². The lowest BCUT2D eigenvalue weighted by Crippen LogP contribution is -2.02. The van der Waals surface area contributed by atoms with Crippen LogP contribution in [-0.4, -0.2) is 31.1 Å². The van der Waals surface area contributed by atoms with Gasteiger partial charge >= 0.3 is 6.16 Å². The van der Waals surface area contributed by atoms with Crippen molar-refractivity contribution in [2.75, 3.05) is 19.8 Å². The number of hydrogen-bond acceptors (Lipinski definition) is 3. The molecular weight excluding hydrogens is 220 g/mol. The fourth-order valence-corrected chi connectivity index (χ4v) is 1.55. The van der Waals surface area contributed by atoms with E-state index in [1.165, 1.54) is 25.7 Å². The average molecular weight is 246 g/mol. The van der Waals surface area contributed by atoms with Crippen molar-refractivity contribution in [1.82, 2.24) is 0 Å². The summed E-state index contributed by atoms with van der Waals surface area (Å²) in [7, 11) is 0. The zero-order chi connectivity index (χ0) is 12.8. The standard InChI is InChI=1S/C13H26O4/c1-2-3-4-7-10-16-11-8-5-6-9-12-17-13(14)15/h2-12H2,1H3,(H,14,15). The predicted octanol–water partition coefficient (Wildman–Crippen LogP) is 3.84. The second-order valence-corrected chi connectivity index (χ2v) is 4.20. The van der Waals surface area contributed by atoms with Crippen LogP contribution in [0.2, 0.25) is 0 Å². The van der Waals surface area contributed by atoms with Crippen LogP contribution in [0.3, 0.4) is 0 Å². The maximum Gasteiger partial charge on any atom is 0.505 e. The van der Waals surface area contributed by atoms with Crippen LogP contribution in [-0.2, 0) is 9.47 Å². The van der Waals surface area contributed by atoms with Gasteiger partial charge in [-0.15, -0.1) is 0 Å². The summed E-state index contributed by atoms with van der Waals surface area (Å²) in [5, 5.41) is 8.23. The van der Waals surface area contributed by atoms with Gasteiger partial charge in [-0.1, -0.05) is 32.6 Å². The maximum atomic E-state index is 10.0. The van der Waals surface area contributed by atoms with E-state index in [4.69, 9.17) is 9.84 Å². The Hall–Kier alpha value is -0.770. The molecule has 0 aromatic carbocycles. The number of rotatable bonds is 12. The van der Waals surface area contributed by atoms with Crippen molar-refractivity contribution < 1.29 is 19.4 Å². The van der Waals surface area contributed by atoms with Gasteiger partial charge in [0, 0.05) is 13.2 Å². The van der Waals surface area contributed by atoms with E-state index < -0.39 is 6.16 Å².